The number of anilines is 2. The number of amides is 1. The smallest absolute Gasteiger partial charge is 0.341 e. The molecule has 1 aromatic carbocycles. The average Bonchev–Trinajstić information content (AvgIpc) is 3.08. The molecule has 1 aliphatic carbocycles. The van der Waals surface area contributed by atoms with E-state index in [9.17, 15) is 18.0 Å². The first-order chi connectivity index (χ1) is 15.2. The van der Waals surface area contributed by atoms with Crippen molar-refractivity contribution < 1.29 is 22.7 Å². The molecule has 1 N–H and O–H groups in total. The lowest BCUT2D eigenvalue weighted by atomic mass is 9.95. The Morgan fingerprint density at radius 2 is 1.97 bits per heavy atom. The third-order valence-electron chi connectivity index (χ3n) is 5.28. The summed E-state index contributed by atoms with van der Waals surface area (Å²) in [6, 6.07) is 5.35. The lowest BCUT2D eigenvalue weighted by molar-refractivity contribution is -0.117. The van der Waals surface area contributed by atoms with Gasteiger partial charge < -0.3 is 10.1 Å². The Labute approximate surface area is 197 Å². The first-order valence-corrected chi connectivity index (χ1v) is 13.6. The molecule has 1 aliphatic rings. The van der Waals surface area contributed by atoms with E-state index in [-0.39, 0.29) is 13.0 Å². The fourth-order valence-electron chi connectivity index (χ4n) is 3.94. The Balaban J connectivity index is 1.98. The molecular formula is C22H27ClN2O5S2. The van der Waals surface area contributed by atoms with Gasteiger partial charge in [0.15, 0.2) is 0 Å². The fourth-order valence-corrected chi connectivity index (χ4v) is 6.61. The first-order valence-electron chi connectivity index (χ1n) is 10.5. The Hall–Kier alpha value is -2.10. The van der Waals surface area contributed by atoms with E-state index >= 15 is 0 Å². The van der Waals surface area contributed by atoms with Crippen LogP contribution in [0.25, 0.3) is 0 Å². The predicted molar refractivity (Wildman–Crippen MR) is 128 cm³/mol. The lowest BCUT2D eigenvalue weighted by Crippen LogP contribution is -2.47. The number of nitrogens with one attached hydrogen (secondary N) is 1. The van der Waals surface area contributed by atoms with Crippen LogP contribution in [-0.2, 0) is 32.4 Å². The van der Waals surface area contributed by atoms with Crippen molar-refractivity contribution in [2.45, 2.75) is 52.0 Å². The van der Waals surface area contributed by atoms with Crippen LogP contribution in [0, 0.1) is 0 Å². The van der Waals surface area contributed by atoms with Crippen molar-refractivity contribution in [3.05, 3.63) is 45.3 Å². The van der Waals surface area contributed by atoms with Crippen LogP contribution >= 0.6 is 22.9 Å². The van der Waals surface area contributed by atoms with Crippen LogP contribution in [0.5, 0.6) is 0 Å². The highest BCUT2D eigenvalue weighted by Crippen LogP contribution is 2.39. The molecule has 10 heteroatoms. The molecule has 0 unspecified atom stereocenters. The van der Waals surface area contributed by atoms with Crippen molar-refractivity contribution >= 4 is 55.5 Å². The number of benzene rings is 1. The molecule has 0 radical (unpaired) electrons. The second kappa shape index (κ2) is 10.2. The van der Waals surface area contributed by atoms with Crippen molar-refractivity contribution in [2.75, 3.05) is 22.5 Å². The molecule has 3 rings (SSSR count). The molecule has 1 atom stereocenters. The third kappa shape index (κ3) is 5.27. The minimum absolute atomic E-state index is 0.227. The number of esters is 1. The molecule has 0 fully saturated rings. The number of carbonyl (C=O) groups is 2. The zero-order chi connectivity index (χ0) is 23.5. The number of carbonyl (C=O) groups excluding carboxylic acids is 2. The number of rotatable bonds is 8. The summed E-state index contributed by atoms with van der Waals surface area (Å²) >= 11 is 7.44. The molecule has 32 heavy (non-hydrogen) atoms. The molecule has 0 aliphatic heterocycles. The van der Waals surface area contributed by atoms with Gasteiger partial charge in [-0.2, -0.15) is 0 Å². The predicted octanol–water partition coefficient (Wildman–Crippen LogP) is 4.64. The van der Waals surface area contributed by atoms with Gasteiger partial charge in [-0.3, -0.25) is 9.10 Å². The summed E-state index contributed by atoms with van der Waals surface area (Å²) in [6.07, 6.45) is 4.88. The number of nitrogens with zero attached hydrogens (tertiary/aromatic N) is 1. The third-order valence-corrected chi connectivity index (χ3v) is 7.90. The number of hydrogen-bond donors (Lipinski definition) is 1. The van der Waals surface area contributed by atoms with Crippen LogP contribution in [0.15, 0.2) is 24.3 Å². The summed E-state index contributed by atoms with van der Waals surface area (Å²) in [7, 11) is -3.80. The Morgan fingerprint density at radius 3 is 2.59 bits per heavy atom. The van der Waals surface area contributed by atoms with Gasteiger partial charge in [0.05, 0.1) is 24.1 Å². The highest BCUT2D eigenvalue weighted by molar-refractivity contribution is 7.92. The van der Waals surface area contributed by atoms with Gasteiger partial charge in [-0.05, 0) is 62.8 Å². The second-order valence-electron chi connectivity index (χ2n) is 7.59. The van der Waals surface area contributed by atoms with Crippen molar-refractivity contribution in [2.24, 2.45) is 0 Å². The summed E-state index contributed by atoms with van der Waals surface area (Å²) in [5, 5.41) is 3.61. The van der Waals surface area contributed by atoms with Crippen molar-refractivity contribution in [1.29, 1.82) is 0 Å². The normalized spacial score (nSPS) is 14.4. The zero-order valence-corrected chi connectivity index (χ0v) is 20.7. The highest BCUT2D eigenvalue weighted by Gasteiger charge is 2.34. The number of hydrogen-bond acceptors (Lipinski definition) is 6. The summed E-state index contributed by atoms with van der Waals surface area (Å²) in [4.78, 5) is 27.1. The molecule has 1 heterocycles. The van der Waals surface area contributed by atoms with Gasteiger partial charge in [0.25, 0.3) is 0 Å². The maximum absolute atomic E-state index is 13.3. The van der Waals surface area contributed by atoms with Crippen molar-refractivity contribution in [3.8, 4) is 0 Å². The minimum atomic E-state index is -3.80. The van der Waals surface area contributed by atoms with Gasteiger partial charge in [0.1, 0.15) is 11.0 Å². The van der Waals surface area contributed by atoms with Gasteiger partial charge in [0.2, 0.25) is 15.9 Å². The summed E-state index contributed by atoms with van der Waals surface area (Å²) in [6.45, 7) is 3.70. The average molecular weight is 499 g/mol. The van der Waals surface area contributed by atoms with Crippen LogP contribution in [0.2, 0.25) is 5.02 Å². The van der Waals surface area contributed by atoms with Gasteiger partial charge in [-0.15, -0.1) is 11.3 Å². The molecular weight excluding hydrogens is 472 g/mol. The number of thiophene rings is 1. The number of halogens is 1. The van der Waals surface area contributed by atoms with E-state index in [2.05, 4.69) is 5.32 Å². The van der Waals surface area contributed by atoms with Crippen molar-refractivity contribution in [1.82, 2.24) is 0 Å². The summed E-state index contributed by atoms with van der Waals surface area (Å²) in [5.74, 6) is -0.980. The van der Waals surface area contributed by atoms with E-state index in [1.54, 1.807) is 32.0 Å². The van der Waals surface area contributed by atoms with Crippen molar-refractivity contribution in [3.63, 3.8) is 0 Å². The molecule has 7 nitrogen and oxygen atoms in total. The van der Waals surface area contributed by atoms with Crippen LogP contribution in [0.1, 0.15) is 53.9 Å². The number of ether oxygens (including phenoxy) is 1. The van der Waals surface area contributed by atoms with E-state index in [1.165, 1.54) is 17.4 Å². The monoisotopic (exact) mass is 498 g/mol. The molecule has 2 aromatic rings. The molecule has 174 valence electrons. The molecule has 1 aromatic heterocycles. The summed E-state index contributed by atoms with van der Waals surface area (Å²) < 4.78 is 31.6. The Morgan fingerprint density at radius 1 is 1.25 bits per heavy atom. The minimum Gasteiger partial charge on any atom is -0.462 e. The van der Waals surface area contributed by atoms with Crippen LogP contribution in [0.4, 0.5) is 10.7 Å². The van der Waals surface area contributed by atoms with E-state index in [1.807, 2.05) is 0 Å². The largest absolute Gasteiger partial charge is 0.462 e. The molecule has 1 amide bonds. The molecule has 0 bridgehead atoms. The lowest BCUT2D eigenvalue weighted by Gasteiger charge is -2.30. The SMILES string of the molecule is CCOC(=O)c1c(NC(=O)[C@H](CC)N(c2cccc(Cl)c2)S(C)(=O)=O)sc2c1CCCC2. The number of aryl methyl sites for hydroxylation is 1. The molecule has 0 saturated carbocycles. The van der Waals surface area contributed by atoms with Gasteiger partial charge in [-0.25, -0.2) is 13.2 Å². The van der Waals surface area contributed by atoms with Gasteiger partial charge in [-0.1, -0.05) is 24.6 Å². The fraction of sp³-hybridized carbons (Fsp3) is 0.455. The Kier molecular flexibility index (Phi) is 7.84. The van der Waals surface area contributed by atoms with E-state index < -0.39 is 27.9 Å². The number of sulfonamides is 1. The Bertz CT molecular complexity index is 1110. The number of fused-ring (bicyclic) bond motifs is 1. The van der Waals surface area contributed by atoms with E-state index in [0.29, 0.717) is 21.3 Å². The van der Waals surface area contributed by atoms with Crippen LogP contribution < -0.4 is 9.62 Å². The van der Waals surface area contributed by atoms with Crippen LogP contribution in [-0.4, -0.2) is 39.2 Å². The maximum atomic E-state index is 13.3. The van der Waals surface area contributed by atoms with E-state index in [0.717, 1.165) is 46.7 Å². The van der Waals surface area contributed by atoms with E-state index in [4.69, 9.17) is 16.3 Å². The maximum Gasteiger partial charge on any atom is 0.341 e. The van der Waals surface area contributed by atoms with Gasteiger partial charge in [0, 0.05) is 9.90 Å². The second-order valence-corrected chi connectivity index (χ2v) is 11.0. The molecule has 0 saturated heterocycles. The summed E-state index contributed by atoms with van der Waals surface area (Å²) in [5.41, 5.74) is 1.62. The first kappa shape index (κ1) is 24.5. The zero-order valence-electron chi connectivity index (χ0n) is 18.3. The topological polar surface area (TPSA) is 92.8 Å². The molecule has 0 spiro atoms. The van der Waals surface area contributed by atoms with Gasteiger partial charge >= 0.3 is 5.97 Å². The highest BCUT2D eigenvalue weighted by atomic mass is 35.5. The standard InChI is InChI=1S/C22H27ClN2O5S2/c1-4-17(25(32(3,28)29)15-10-8-9-14(23)13-15)20(26)24-21-19(22(27)30-5-2)16-11-6-7-12-18(16)31-21/h8-10,13,17H,4-7,11-12H2,1-3H3,(H,24,26)/t17-/m0/s1. The van der Waals surface area contributed by atoms with Crippen LogP contribution in [0.3, 0.4) is 0 Å². The quantitative estimate of drug-likeness (QED) is 0.535.